The Kier molecular flexibility index (Phi) is 6.90. The summed E-state index contributed by atoms with van der Waals surface area (Å²) in [4.78, 5) is 2.12. The number of aromatic hydroxyl groups is 1. The van der Waals surface area contributed by atoms with E-state index in [4.69, 9.17) is 12.2 Å². The monoisotopic (exact) mass is 453 g/mol. The summed E-state index contributed by atoms with van der Waals surface area (Å²) in [6.45, 7) is -0.116. The number of para-hydroxylation sites is 1. The topological polar surface area (TPSA) is 43.7 Å². The Morgan fingerprint density at radius 1 is 0.968 bits per heavy atom. The molecule has 0 bridgehead atoms. The number of rotatable bonds is 7. The molecule has 3 aromatic rings. The van der Waals surface area contributed by atoms with E-state index in [9.17, 15) is 14.6 Å². The zero-order valence-corrected chi connectivity index (χ0v) is 18.6. The molecule has 3 aromatic carbocycles. The Balaban J connectivity index is 1.60. The fourth-order valence-corrected chi connectivity index (χ4v) is 5.90. The van der Waals surface area contributed by atoms with Crippen LogP contribution in [0.5, 0.6) is 5.75 Å². The summed E-state index contributed by atoms with van der Waals surface area (Å²) < 4.78 is 14.0. The molecule has 2 atom stereocenters. The van der Waals surface area contributed by atoms with Gasteiger partial charge in [-0.3, -0.25) is 0 Å². The fourth-order valence-electron chi connectivity index (χ4n) is 4.04. The fraction of sp³-hybridized carbons (Fsp3) is 0.240. The lowest BCUT2D eigenvalue weighted by molar-refractivity contribution is 0.281. The molecule has 0 spiro atoms. The SMILES string of the molecule is OCc1ccc([C@@H]2[C@H](CCCc3ccc(F)cc3)SC(=S)N2c2ccccc2)c(O)c1. The number of anilines is 1. The van der Waals surface area contributed by atoms with Crippen LogP contribution >= 0.6 is 24.0 Å². The highest BCUT2D eigenvalue weighted by Crippen LogP contribution is 2.48. The molecule has 0 saturated carbocycles. The summed E-state index contributed by atoms with van der Waals surface area (Å²) in [6.07, 6.45) is 2.69. The molecule has 1 saturated heterocycles. The van der Waals surface area contributed by atoms with E-state index in [0.29, 0.717) is 5.56 Å². The van der Waals surface area contributed by atoms with E-state index >= 15 is 0 Å². The van der Waals surface area contributed by atoms with Crippen LogP contribution in [0.4, 0.5) is 10.1 Å². The summed E-state index contributed by atoms with van der Waals surface area (Å²) >= 11 is 7.42. The number of nitrogens with zero attached hydrogens (tertiary/aromatic N) is 1. The Labute approximate surface area is 191 Å². The minimum Gasteiger partial charge on any atom is -0.508 e. The van der Waals surface area contributed by atoms with Crippen molar-refractivity contribution < 1.29 is 14.6 Å². The first-order valence-corrected chi connectivity index (χ1v) is 11.6. The zero-order chi connectivity index (χ0) is 21.8. The van der Waals surface area contributed by atoms with Crippen molar-refractivity contribution in [3.63, 3.8) is 0 Å². The van der Waals surface area contributed by atoms with Crippen molar-refractivity contribution >= 4 is 34.0 Å². The van der Waals surface area contributed by atoms with E-state index in [-0.39, 0.29) is 29.5 Å². The molecule has 0 aliphatic carbocycles. The molecule has 2 N–H and O–H groups in total. The van der Waals surface area contributed by atoms with Crippen molar-refractivity contribution in [1.82, 2.24) is 0 Å². The number of aryl methyl sites for hydroxylation is 1. The van der Waals surface area contributed by atoms with Gasteiger partial charge in [0, 0.05) is 16.5 Å². The van der Waals surface area contributed by atoms with Crippen molar-refractivity contribution in [1.29, 1.82) is 0 Å². The first-order chi connectivity index (χ1) is 15.1. The summed E-state index contributed by atoms with van der Waals surface area (Å²) in [6, 6.07) is 21.9. The van der Waals surface area contributed by atoms with Gasteiger partial charge in [0.05, 0.1) is 12.6 Å². The van der Waals surface area contributed by atoms with Gasteiger partial charge in [0.2, 0.25) is 0 Å². The van der Waals surface area contributed by atoms with Gasteiger partial charge in [-0.1, -0.05) is 66.4 Å². The second-order valence-corrected chi connectivity index (χ2v) is 9.52. The molecule has 160 valence electrons. The number of halogens is 1. The van der Waals surface area contributed by atoms with Crippen LogP contribution in [0.25, 0.3) is 0 Å². The van der Waals surface area contributed by atoms with E-state index in [0.717, 1.165) is 40.4 Å². The summed E-state index contributed by atoms with van der Waals surface area (Å²) in [5.41, 5.74) is 3.59. The highest BCUT2D eigenvalue weighted by molar-refractivity contribution is 8.24. The lowest BCUT2D eigenvalue weighted by atomic mass is 9.95. The predicted octanol–water partition coefficient (Wildman–Crippen LogP) is 5.99. The first-order valence-electron chi connectivity index (χ1n) is 10.3. The van der Waals surface area contributed by atoms with E-state index in [1.165, 1.54) is 12.1 Å². The van der Waals surface area contributed by atoms with E-state index in [1.807, 2.05) is 54.6 Å². The number of benzene rings is 3. The first kappa shape index (κ1) is 21.8. The second kappa shape index (κ2) is 9.81. The van der Waals surface area contributed by atoms with Gasteiger partial charge < -0.3 is 15.1 Å². The van der Waals surface area contributed by atoms with Gasteiger partial charge >= 0.3 is 0 Å². The van der Waals surface area contributed by atoms with Crippen LogP contribution in [-0.2, 0) is 13.0 Å². The Morgan fingerprint density at radius 3 is 2.35 bits per heavy atom. The minimum atomic E-state index is -0.221. The van der Waals surface area contributed by atoms with Crippen LogP contribution in [0, 0.1) is 5.82 Å². The molecule has 1 fully saturated rings. The van der Waals surface area contributed by atoms with E-state index in [2.05, 4.69) is 4.90 Å². The number of phenols is 1. The van der Waals surface area contributed by atoms with Crippen LogP contribution in [0.2, 0.25) is 0 Å². The van der Waals surface area contributed by atoms with Crippen molar-refractivity contribution in [2.24, 2.45) is 0 Å². The average Bonchev–Trinajstić information content (AvgIpc) is 3.11. The number of hydrogen-bond donors (Lipinski definition) is 2. The molecular weight excluding hydrogens is 429 g/mol. The standard InChI is InChI=1S/C25H24FNO2S2/c26-19-12-9-17(10-13-19)5-4-8-23-24(21-14-11-18(16-28)15-22(21)29)27(25(30)31-23)20-6-2-1-3-7-20/h1-3,6-7,9-15,23-24,28-29H,4-5,8,16H2/t23-,24+/m0/s1. The third kappa shape index (κ3) is 4.92. The van der Waals surface area contributed by atoms with Crippen LogP contribution in [0.1, 0.15) is 35.6 Å². The summed E-state index contributed by atoms with van der Waals surface area (Å²) in [7, 11) is 0. The van der Waals surface area contributed by atoms with Crippen LogP contribution in [0.3, 0.4) is 0 Å². The molecule has 6 heteroatoms. The lowest BCUT2D eigenvalue weighted by Gasteiger charge is -2.29. The second-order valence-electron chi connectivity index (χ2n) is 7.64. The highest BCUT2D eigenvalue weighted by Gasteiger charge is 2.40. The molecule has 3 nitrogen and oxygen atoms in total. The number of phenolic OH excluding ortho intramolecular Hbond substituents is 1. The number of thioether (sulfide) groups is 1. The maximum atomic E-state index is 13.2. The van der Waals surface area contributed by atoms with Gasteiger partial charge in [0.15, 0.2) is 0 Å². The molecule has 31 heavy (non-hydrogen) atoms. The maximum Gasteiger partial charge on any atom is 0.141 e. The van der Waals surface area contributed by atoms with Crippen LogP contribution < -0.4 is 4.90 Å². The highest BCUT2D eigenvalue weighted by atomic mass is 32.2. The predicted molar refractivity (Wildman–Crippen MR) is 129 cm³/mol. The molecule has 1 aliphatic heterocycles. The third-order valence-corrected chi connectivity index (χ3v) is 7.26. The number of aliphatic hydroxyl groups is 1. The van der Waals surface area contributed by atoms with Crippen molar-refractivity contribution in [3.8, 4) is 5.75 Å². The molecule has 0 radical (unpaired) electrons. The van der Waals surface area contributed by atoms with Crippen molar-refractivity contribution in [2.45, 2.75) is 37.2 Å². The third-order valence-electron chi connectivity index (χ3n) is 5.58. The van der Waals surface area contributed by atoms with Gasteiger partial charge in [-0.05, 0) is 60.7 Å². The smallest absolute Gasteiger partial charge is 0.141 e. The van der Waals surface area contributed by atoms with E-state index in [1.54, 1.807) is 17.8 Å². The average molecular weight is 454 g/mol. The molecule has 0 aromatic heterocycles. The lowest BCUT2D eigenvalue weighted by Crippen LogP contribution is -2.29. The normalized spacial score (nSPS) is 18.5. The van der Waals surface area contributed by atoms with Crippen molar-refractivity contribution in [2.75, 3.05) is 4.90 Å². The van der Waals surface area contributed by atoms with Gasteiger partial charge in [-0.15, -0.1) is 0 Å². The molecule has 4 rings (SSSR count). The molecular formula is C25H24FNO2S2. The summed E-state index contributed by atoms with van der Waals surface area (Å²) in [5, 5.41) is 20.3. The van der Waals surface area contributed by atoms with Gasteiger partial charge in [-0.2, -0.15) is 0 Å². The largest absolute Gasteiger partial charge is 0.508 e. The zero-order valence-electron chi connectivity index (χ0n) is 16.9. The number of hydrogen-bond acceptors (Lipinski definition) is 4. The number of thiocarbonyl (C=S) groups is 1. The van der Waals surface area contributed by atoms with Crippen LogP contribution in [-0.4, -0.2) is 19.8 Å². The molecule has 1 aliphatic rings. The Bertz CT molecular complexity index is 1040. The molecule has 0 amide bonds. The maximum absolute atomic E-state index is 13.2. The van der Waals surface area contributed by atoms with Gasteiger partial charge in [-0.25, -0.2) is 4.39 Å². The minimum absolute atomic E-state index is 0.110. The van der Waals surface area contributed by atoms with Crippen molar-refractivity contribution in [3.05, 3.63) is 95.3 Å². The van der Waals surface area contributed by atoms with Gasteiger partial charge in [0.25, 0.3) is 0 Å². The Hall–Kier alpha value is -2.41. The molecule has 0 unspecified atom stereocenters. The quantitative estimate of drug-likeness (QED) is 0.430. The number of aliphatic hydroxyl groups excluding tert-OH is 1. The molecule has 1 heterocycles. The van der Waals surface area contributed by atoms with E-state index < -0.39 is 0 Å². The van der Waals surface area contributed by atoms with Gasteiger partial charge in [0.1, 0.15) is 15.9 Å². The summed E-state index contributed by atoms with van der Waals surface area (Å²) in [5.74, 6) is -0.0490. The van der Waals surface area contributed by atoms with Crippen LogP contribution in [0.15, 0.2) is 72.8 Å². The Morgan fingerprint density at radius 2 is 1.68 bits per heavy atom.